The van der Waals surface area contributed by atoms with Gasteiger partial charge in [-0.1, -0.05) is 44.2 Å². The molecule has 6 nitrogen and oxygen atoms in total. The van der Waals surface area contributed by atoms with E-state index in [1.807, 2.05) is 30.3 Å². The molecule has 24 heavy (non-hydrogen) atoms. The van der Waals surface area contributed by atoms with E-state index in [4.69, 9.17) is 0 Å². The average molecular weight is 354 g/mol. The van der Waals surface area contributed by atoms with Crippen molar-refractivity contribution in [3.63, 3.8) is 0 Å². The van der Waals surface area contributed by atoms with Crippen LogP contribution in [0.25, 0.3) is 0 Å². The van der Waals surface area contributed by atoms with Crippen molar-refractivity contribution in [1.29, 1.82) is 0 Å². The molecule has 7 heteroatoms. The first kappa shape index (κ1) is 20.2. The van der Waals surface area contributed by atoms with Crippen LogP contribution in [0.15, 0.2) is 30.3 Å². The number of hydrogen-bond donors (Lipinski definition) is 1. The van der Waals surface area contributed by atoms with Crippen LogP contribution in [0, 0.1) is 5.92 Å². The summed E-state index contributed by atoms with van der Waals surface area (Å²) < 4.78 is 23.9. The highest BCUT2D eigenvalue weighted by Crippen LogP contribution is 2.06. The molecular formula is C17H26N2O4S. The van der Waals surface area contributed by atoms with Gasteiger partial charge in [-0.05, 0) is 11.5 Å². The Hall–Kier alpha value is -1.89. The van der Waals surface area contributed by atoms with Gasteiger partial charge in [0.1, 0.15) is 11.8 Å². The Morgan fingerprint density at radius 3 is 2.21 bits per heavy atom. The Morgan fingerprint density at radius 2 is 1.71 bits per heavy atom. The molecule has 0 fully saturated rings. The Morgan fingerprint density at radius 1 is 1.12 bits per heavy atom. The van der Waals surface area contributed by atoms with E-state index in [2.05, 4.69) is 5.32 Å². The zero-order valence-electron chi connectivity index (χ0n) is 14.7. The third-order valence-electron chi connectivity index (χ3n) is 3.30. The number of nitrogens with one attached hydrogen (secondary N) is 1. The number of carbonyl (C=O) groups excluding carboxylic acids is 2. The van der Waals surface area contributed by atoms with Gasteiger partial charge in [0.15, 0.2) is 9.84 Å². The van der Waals surface area contributed by atoms with Crippen LogP contribution in [-0.4, -0.2) is 56.8 Å². The predicted octanol–water partition coefficient (Wildman–Crippen LogP) is 0.873. The Balaban J connectivity index is 2.81. The van der Waals surface area contributed by atoms with Crippen LogP contribution in [-0.2, 0) is 25.8 Å². The normalized spacial score (nSPS) is 12.7. The predicted molar refractivity (Wildman–Crippen MR) is 94.3 cm³/mol. The summed E-state index contributed by atoms with van der Waals surface area (Å²) in [5.74, 6) is -1.62. The quantitative estimate of drug-likeness (QED) is 0.751. The third-order valence-corrected chi connectivity index (χ3v) is 5.17. The number of likely N-dealkylation sites (N-methyl/N-ethyl adjacent to an activating group) is 1. The summed E-state index contributed by atoms with van der Waals surface area (Å²) >= 11 is 0. The molecule has 0 aliphatic rings. The van der Waals surface area contributed by atoms with Crippen LogP contribution in [0.3, 0.4) is 0 Å². The number of amides is 2. The molecule has 1 atom stereocenters. The SMILES string of the molecule is CC(C)CS(=O)(=O)CC(=O)NC(Cc1ccccc1)C(=O)N(C)C. The van der Waals surface area contributed by atoms with Crippen molar-refractivity contribution in [2.45, 2.75) is 26.3 Å². The van der Waals surface area contributed by atoms with E-state index >= 15 is 0 Å². The van der Waals surface area contributed by atoms with Gasteiger partial charge in [0.2, 0.25) is 11.8 Å². The fourth-order valence-corrected chi connectivity index (χ4v) is 3.98. The Bertz CT molecular complexity index is 654. The van der Waals surface area contributed by atoms with Crippen molar-refractivity contribution >= 4 is 21.7 Å². The number of rotatable bonds is 8. The van der Waals surface area contributed by atoms with Gasteiger partial charge in [-0.2, -0.15) is 0 Å². The molecule has 1 aromatic carbocycles. The van der Waals surface area contributed by atoms with E-state index in [9.17, 15) is 18.0 Å². The lowest BCUT2D eigenvalue weighted by Crippen LogP contribution is -2.49. The van der Waals surface area contributed by atoms with Crippen LogP contribution in [0.4, 0.5) is 0 Å². The van der Waals surface area contributed by atoms with Gasteiger partial charge in [-0.15, -0.1) is 0 Å². The minimum atomic E-state index is -3.48. The van der Waals surface area contributed by atoms with Gasteiger partial charge in [0, 0.05) is 20.5 Å². The second-order valence-corrected chi connectivity index (χ2v) is 8.60. The largest absolute Gasteiger partial charge is 0.347 e. The number of nitrogens with zero attached hydrogens (tertiary/aromatic N) is 1. The Kier molecular flexibility index (Phi) is 7.41. The van der Waals surface area contributed by atoms with Crippen LogP contribution in [0.2, 0.25) is 0 Å². The first-order valence-electron chi connectivity index (χ1n) is 7.85. The topological polar surface area (TPSA) is 83.5 Å². The van der Waals surface area contributed by atoms with Gasteiger partial charge in [-0.3, -0.25) is 9.59 Å². The van der Waals surface area contributed by atoms with Crippen molar-refractivity contribution < 1.29 is 18.0 Å². The molecule has 1 aromatic rings. The first-order chi connectivity index (χ1) is 11.1. The molecular weight excluding hydrogens is 328 g/mol. The summed E-state index contributed by atoms with van der Waals surface area (Å²) in [7, 11) is -0.283. The molecule has 0 aromatic heterocycles. The first-order valence-corrected chi connectivity index (χ1v) is 9.67. The monoisotopic (exact) mass is 354 g/mol. The van der Waals surface area contributed by atoms with Gasteiger partial charge < -0.3 is 10.2 Å². The van der Waals surface area contributed by atoms with Crippen LogP contribution < -0.4 is 5.32 Å². The summed E-state index contributed by atoms with van der Waals surface area (Å²) in [4.78, 5) is 25.8. The third kappa shape index (κ3) is 7.12. The highest BCUT2D eigenvalue weighted by atomic mass is 32.2. The highest BCUT2D eigenvalue weighted by Gasteiger charge is 2.25. The lowest BCUT2D eigenvalue weighted by molar-refractivity contribution is -0.133. The summed E-state index contributed by atoms with van der Waals surface area (Å²) in [6.07, 6.45) is 0.313. The van der Waals surface area contributed by atoms with Crippen molar-refractivity contribution in [2.24, 2.45) is 5.92 Å². The molecule has 0 saturated carbocycles. The lowest BCUT2D eigenvalue weighted by Gasteiger charge is -2.22. The van der Waals surface area contributed by atoms with Crippen molar-refractivity contribution in [1.82, 2.24) is 10.2 Å². The summed E-state index contributed by atoms with van der Waals surface area (Å²) in [6.45, 7) is 3.56. The summed E-state index contributed by atoms with van der Waals surface area (Å²) in [6, 6.07) is 8.49. The number of sulfone groups is 1. The molecule has 0 aliphatic carbocycles. The van der Waals surface area contributed by atoms with E-state index in [-0.39, 0.29) is 17.6 Å². The second kappa shape index (κ2) is 8.82. The fourth-order valence-electron chi connectivity index (χ4n) is 2.36. The van der Waals surface area contributed by atoms with Gasteiger partial charge in [0.05, 0.1) is 5.75 Å². The highest BCUT2D eigenvalue weighted by molar-refractivity contribution is 7.92. The van der Waals surface area contributed by atoms with E-state index < -0.39 is 27.5 Å². The molecule has 0 aliphatic heterocycles. The van der Waals surface area contributed by atoms with Crippen LogP contribution in [0.1, 0.15) is 19.4 Å². The van der Waals surface area contributed by atoms with Crippen LogP contribution in [0.5, 0.6) is 0 Å². The average Bonchev–Trinajstić information content (AvgIpc) is 2.44. The maximum Gasteiger partial charge on any atom is 0.244 e. The molecule has 0 radical (unpaired) electrons. The molecule has 0 spiro atoms. The van der Waals surface area contributed by atoms with Crippen molar-refractivity contribution in [3.8, 4) is 0 Å². The minimum Gasteiger partial charge on any atom is -0.347 e. The van der Waals surface area contributed by atoms with Gasteiger partial charge in [-0.25, -0.2) is 8.42 Å². The zero-order chi connectivity index (χ0) is 18.3. The molecule has 1 unspecified atom stereocenters. The van der Waals surface area contributed by atoms with Gasteiger partial charge in [0.25, 0.3) is 0 Å². The fraction of sp³-hybridized carbons (Fsp3) is 0.529. The standard InChI is InChI=1S/C17H26N2O4S/c1-13(2)11-24(22,23)12-16(20)18-15(17(21)19(3)4)10-14-8-6-5-7-9-14/h5-9,13,15H,10-12H2,1-4H3,(H,18,20). The zero-order valence-corrected chi connectivity index (χ0v) is 15.5. The van der Waals surface area contributed by atoms with Crippen molar-refractivity contribution in [2.75, 3.05) is 25.6 Å². The number of carbonyl (C=O) groups is 2. The van der Waals surface area contributed by atoms with E-state index in [0.29, 0.717) is 6.42 Å². The van der Waals surface area contributed by atoms with E-state index in [1.165, 1.54) is 4.90 Å². The maximum atomic E-state index is 12.3. The molecule has 0 bridgehead atoms. The Labute approximate surface area is 144 Å². The molecule has 0 heterocycles. The van der Waals surface area contributed by atoms with Crippen molar-refractivity contribution in [3.05, 3.63) is 35.9 Å². The summed E-state index contributed by atoms with van der Waals surface area (Å²) in [5, 5.41) is 2.57. The molecule has 1 N–H and O–H groups in total. The van der Waals surface area contributed by atoms with Crippen LogP contribution >= 0.6 is 0 Å². The molecule has 1 rings (SSSR count). The number of benzene rings is 1. The smallest absolute Gasteiger partial charge is 0.244 e. The molecule has 134 valence electrons. The maximum absolute atomic E-state index is 12.3. The molecule has 0 saturated heterocycles. The van der Waals surface area contributed by atoms with E-state index in [1.54, 1.807) is 27.9 Å². The summed E-state index contributed by atoms with van der Waals surface area (Å²) in [5.41, 5.74) is 0.892. The minimum absolute atomic E-state index is 0.0497. The lowest BCUT2D eigenvalue weighted by atomic mass is 10.1. The van der Waals surface area contributed by atoms with Gasteiger partial charge >= 0.3 is 0 Å². The number of hydrogen-bond acceptors (Lipinski definition) is 4. The second-order valence-electron chi connectivity index (χ2n) is 6.49. The van der Waals surface area contributed by atoms with E-state index in [0.717, 1.165) is 5.56 Å². The molecule has 2 amide bonds.